The molecule has 0 aliphatic heterocycles. The first-order chi connectivity index (χ1) is 8.74. The number of rotatable bonds is 2. The lowest BCUT2D eigenvalue weighted by molar-refractivity contribution is 0.116. The molecular formula is C15H25N3. The number of imidazole rings is 1. The minimum absolute atomic E-state index is 0.147. The molecule has 100 valence electrons. The lowest BCUT2D eigenvalue weighted by Gasteiger charge is -2.40. The number of hydrogen-bond donors (Lipinski definition) is 1. The molecule has 3 nitrogen and oxygen atoms in total. The van der Waals surface area contributed by atoms with E-state index in [1.807, 2.05) is 17.9 Å². The Kier molecular flexibility index (Phi) is 3.42. The molecule has 3 rings (SSSR count). The van der Waals surface area contributed by atoms with Crippen LogP contribution in [0.25, 0.3) is 0 Å². The molecule has 0 amide bonds. The minimum Gasteiger partial charge on any atom is -0.340 e. The molecule has 1 aromatic rings. The number of nitrogens with two attached hydrogens (primary N) is 1. The average Bonchev–Trinajstić information content (AvgIpc) is 2.84. The van der Waals surface area contributed by atoms with Gasteiger partial charge in [0.15, 0.2) is 0 Å². The van der Waals surface area contributed by atoms with Crippen molar-refractivity contribution in [2.75, 3.05) is 0 Å². The van der Waals surface area contributed by atoms with Crippen LogP contribution in [0.15, 0.2) is 12.5 Å². The molecule has 4 atom stereocenters. The summed E-state index contributed by atoms with van der Waals surface area (Å²) in [5, 5.41) is 0. The van der Waals surface area contributed by atoms with E-state index in [1.165, 1.54) is 44.9 Å². The third kappa shape index (κ3) is 2.33. The van der Waals surface area contributed by atoms with E-state index in [0.717, 1.165) is 17.5 Å². The molecule has 2 aliphatic rings. The summed E-state index contributed by atoms with van der Waals surface area (Å²) in [7, 11) is 2.02. The van der Waals surface area contributed by atoms with E-state index in [9.17, 15) is 0 Å². The smallest absolute Gasteiger partial charge is 0.0947 e. The van der Waals surface area contributed by atoms with Crippen LogP contribution in [-0.4, -0.2) is 9.55 Å². The second-order valence-electron chi connectivity index (χ2n) is 6.37. The van der Waals surface area contributed by atoms with Crippen LogP contribution < -0.4 is 5.73 Å². The van der Waals surface area contributed by atoms with Gasteiger partial charge in [0, 0.05) is 13.2 Å². The van der Waals surface area contributed by atoms with Crippen molar-refractivity contribution in [2.24, 2.45) is 30.5 Å². The van der Waals surface area contributed by atoms with Crippen LogP contribution in [0.5, 0.6) is 0 Å². The van der Waals surface area contributed by atoms with Crippen LogP contribution in [-0.2, 0) is 7.05 Å². The minimum atomic E-state index is 0.147. The molecule has 1 heterocycles. The number of aryl methyl sites for hydroxylation is 1. The Balaban J connectivity index is 1.66. The third-order valence-corrected chi connectivity index (χ3v) is 5.15. The molecule has 0 bridgehead atoms. The molecule has 2 fully saturated rings. The number of aromatic nitrogens is 2. The van der Waals surface area contributed by atoms with Gasteiger partial charge in [-0.05, 0) is 37.0 Å². The van der Waals surface area contributed by atoms with Gasteiger partial charge in [-0.25, -0.2) is 4.98 Å². The predicted molar refractivity (Wildman–Crippen MR) is 72.9 cm³/mol. The highest BCUT2D eigenvalue weighted by atomic mass is 15.0. The predicted octanol–water partition coefficient (Wildman–Crippen LogP) is 3.03. The first kappa shape index (κ1) is 12.2. The lowest BCUT2D eigenvalue weighted by Crippen LogP contribution is -2.33. The monoisotopic (exact) mass is 247 g/mol. The number of nitrogens with zero attached hydrogens (tertiary/aromatic N) is 2. The van der Waals surface area contributed by atoms with E-state index in [2.05, 4.69) is 11.2 Å². The molecule has 0 spiro atoms. The number of fused-ring (bicyclic) bond motifs is 1. The molecular weight excluding hydrogens is 222 g/mol. The lowest BCUT2D eigenvalue weighted by atomic mass is 9.66. The summed E-state index contributed by atoms with van der Waals surface area (Å²) in [6, 6.07) is 0.147. The quantitative estimate of drug-likeness (QED) is 0.873. The third-order valence-electron chi connectivity index (χ3n) is 5.15. The Morgan fingerprint density at radius 1 is 1.22 bits per heavy atom. The first-order valence-corrected chi connectivity index (χ1v) is 7.47. The van der Waals surface area contributed by atoms with Crippen molar-refractivity contribution in [1.82, 2.24) is 9.55 Å². The Morgan fingerprint density at radius 2 is 2.00 bits per heavy atom. The summed E-state index contributed by atoms with van der Waals surface area (Å²) in [5.74, 6) is 2.61. The van der Waals surface area contributed by atoms with Crippen LogP contribution in [0.2, 0.25) is 0 Å². The molecule has 0 aromatic carbocycles. The van der Waals surface area contributed by atoms with Gasteiger partial charge in [-0.15, -0.1) is 0 Å². The zero-order valence-corrected chi connectivity index (χ0v) is 11.4. The van der Waals surface area contributed by atoms with Crippen molar-refractivity contribution in [1.29, 1.82) is 0 Å². The highest BCUT2D eigenvalue weighted by Gasteiger charge is 2.35. The Labute approximate surface area is 110 Å². The van der Waals surface area contributed by atoms with E-state index >= 15 is 0 Å². The average molecular weight is 247 g/mol. The van der Waals surface area contributed by atoms with Crippen LogP contribution in [0.1, 0.15) is 56.7 Å². The second-order valence-corrected chi connectivity index (χ2v) is 6.37. The molecule has 2 saturated carbocycles. The van der Waals surface area contributed by atoms with Gasteiger partial charge in [0.1, 0.15) is 0 Å². The van der Waals surface area contributed by atoms with Gasteiger partial charge >= 0.3 is 0 Å². The highest BCUT2D eigenvalue weighted by Crippen LogP contribution is 2.45. The van der Waals surface area contributed by atoms with Crippen LogP contribution >= 0.6 is 0 Å². The summed E-state index contributed by atoms with van der Waals surface area (Å²) in [4.78, 5) is 4.43. The van der Waals surface area contributed by atoms with Crippen molar-refractivity contribution < 1.29 is 0 Å². The van der Waals surface area contributed by atoms with Crippen molar-refractivity contribution in [2.45, 2.75) is 51.0 Å². The molecule has 2 N–H and O–H groups in total. The van der Waals surface area contributed by atoms with Gasteiger partial charge in [0.25, 0.3) is 0 Å². The van der Waals surface area contributed by atoms with Crippen LogP contribution in [0, 0.1) is 17.8 Å². The topological polar surface area (TPSA) is 43.8 Å². The number of hydrogen-bond acceptors (Lipinski definition) is 2. The molecule has 1 aromatic heterocycles. The largest absolute Gasteiger partial charge is 0.340 e. The van der Waals surface area contributed by atoms with Crippen molar-refractivity contribution >= 4 is 0 Å². The van der Waals surface area contributed by atoms with Gasteiger partial charge < -0.3 is 10.3 Å². The zero-order chi connectivity index (χ0) is 12.5. The fraction of sp³-hybridized carbons (Fsp3) is 0.800. The maximum atomic E-state index is 6.43. The SMILES string of the molecule is Cn1cnc(C(N)C2CCC3CCCCC3C2)c1. The molecule has 0 saturated heterocycles. The van der Waals surface area contributed by atoms with Crippen LogP contribution in [0.3, 0.4) is 0 Å². The van der Waals surface area contributed by atoms with E-state index < -0.39 is 0 Å². The van der Waals surface area contributed by atoms with Gasteiger partial charge in [0.05, 0.1) is 18.1 Å². The fourth-order valence-electron chi connectivity index (χ4n) is 4.08. The highest BCUT2D eigenvalue weighted by molar-refractivity contribution is 5.05. The first-order valence-electron chi connectivity index (χ1n) is 7.47. The van der Waals surface area contributed by atoms with Crippen molar-refractivity contribution in [3.63, 3.8) is 0 Å². The maximum Gasteiger partial charge on any atom is 0.0947 e. The normalized spacial score (nSPS) is 34.0. The van der Waals surface area contributed by atoms with E-state index in [1.54, 1.807) is 0 Å². The van der Waals surface area contributed by atoms with Crippen molar-refractivity contribution in [3.05, 3.63) is 18.2 Å². The van der Waals surface area contributed by atoms with Gasteiger partial charge in [-0.3, -0.25) is 0 Å². The summed E-state index contributed by atoms with van der Waals surface area (Å²) in [5.41, 5.74) is 7.51. The molecule has 18 heavy (non-hydrogen) atoms. The maximum absolute atomic E-state index is 6.43. The molecule has 2 aliphatic carbocycles. The van der Waals surface area contributed by atoms with E-state index in [-0.39, 0.29) is 6.04 Å². The Bertz CT molecular complexity index is 398. The summed E-state index contributed by atoms with van der Waals surface area (Å²) >= 11 is 0. The Morgan fingerprint density at radius 3 is 2.72 bits per heavy atom. The molecule has 3 heteroatoms. The fourth-order valence-corrected chi connectivity index (χ4v) is 4.08. The molecule has 4 unspecified atom stereocenters. The Hall–Kier alpha value is -0.830. The van der Waals surface area contributed by atoms with E-state index in [4.69, 9.17) is 5.73 Å². The standard InChI is InChI=1S/C15H25N3/c1-18-9-14(17-10-18)15(16)13-7-6-11-4-2-3-5-12(11)8-13/h9-13,15H,2-8,16H2,1H3. The zero-order valence-electron chi connectivity index (χ0n) is 11.4. The summed E-state index contributed by atoms with van der Waals surface area (Å²) < 4.78 is 2.00. The summed E-state index contributed by atoms with van der Waals surface area (Å²) in [6.45, 7) is 0. The van der Waals surface area contributed by atoms with Crippen LogP contribution in [0.4, 0.5) is 0 Å². The van der Waals surface area contributed by atoms with Gasteiger partial charge in [-0.1, -0.05) is 25.7 Å². The van der Waals surface area contributed by atoms with Gasteiger partial charge in [0.2, 0.25) is 0 Å². The van der Waals surface area contributed by atoms with E-state index in [0.29, 0.717) is 5.92 Å². The second kappa shape index (κ2) is 5.04. The van der Waals surface area contributed by atoms with Gasteiger partial charge in [-0.2, -0.15) is 0 Å². The van der Waals surface area contributed by atoms with Crippen molar-refractivity contribution in [3.8, 4) is 0 Å². The molecule has 0 radical (unpaired) electrons. The summed E-state index contributed by atoms with van der Waals surface area (Å²) in [6.07, 6.45) is 13.8.